The molecule has 0 aliphatic heterocycles. The van der Waals surface area contributed by atoms with Crippen molar-refractivity contribution in [3.63, 3.8) is 0 Å². The maximum atomic E-state index is 5.97. The van der Waals surface area contributed by atoms with Gasteiger partial charge in [-0.3, -0.25) is 4.98 Å². The number of ether oxygens (including phenoxy) is 2. The first-order valence-corrected chi connectivity index (χ1v) is 9.85. The van der Waals surface area contributed by atoms with Crippen LogP contribution in [0.5, 0.6) is 11.5 Å². The third-order valence-corrected chi connectivity index (χ3v) is 4.40. The van der Waals surface area contributed by atoms with Gasteiger partial charge in [-0.25, -0.2) is 4.99 Å². The van der Waals surface area contributed by atoms with Gasteiger partial charge in [-0.05, 0) is 37.6 Å². The van der Waals surface area contributed by atoms with E-state index < -0.39 is 0 Å². The van der Waals surface area contributed by atoms with Gasteiger partial charge < -0.3 is 20.1 Å². The van der Waals surface area contributed by atoms with Crippen LogP contribution in [0.3, 0.4) is 0 Å². The van der Waals surface area contributed by atoms with Gasteiger partial charge >= 0.3 is 0 Å². The highest BCUT2D eigenvalue weighted by atomic mass is 16.5. The number of fused-ring (bicyclic) bond motifs is 1. The Kier molecular flexibility index (Phi) is 7.28. The molecular formula is C23H28N4O2. The lowest BCUT2D eigenvalue weighted by Crippen LogP contribution is -2.41. The molecule has 3 rings (SSSR count). The number of aromatic nitrogens is 1. The van der Waals surface area contributed by atoms with Gasteiger partial charge in [0, 0.05) is 24.2 Å². The Bertz CT molecular complexity index is 953. The number of hydrogen-bond donors (Lipinski definition) is 2. The molecule has 0 saturated heterocycles. The number of hydrogen-bond acceptors (Lipinski definition) is 4. The summed E-state index contributed by atoms with van der Waals surface area (Å²) in [6.07, 6.45) is 1.78. The van der Waals surface area contributed by atoms with Gasteiger partial charge in [0.1, 0.15) is 17.6 Å². The van der Waals surface area contributed by atoms with Crippen molar-refractivity contribution in [2.75, 3.05) is 20.2 Å². The SMILES string of the molecule is CCNC(=NCc1cccc2cccnc12)NCC(C)Oc1cccc(OC)c1. The minimum absolute atomic E-state index is 0.0369. The van der Waals surface area contributed by atoms with Crippen molar-refractivity contribution in [1.82, 2.24) is 15.6 Å². The summed E-state index contributed by atoms with van der Waals surface area (Å²) in [5.41, 5.74) is 2.09. The molecule has 0 radical (unpaired) electrons. The third-order valence-electron chi connectivity index (χ3n) is 4.40. The predicted molar refractivity (Wildman–Crippen MR) is 118 cm³/mol. The summed E-state index contributed by atoms with van der Waals surface area (Å²) in [7, 11) is 1.65. The van der Waals surface area contributed by atoms with Gasteiger partial charge in [0.05, 0.1) is 25.7 Å². The molecule has 29 heavy (non-hydrogen) atoms. The molecule has 1 unspecified atom stereocenters. The van der Waals surface area contributed by atoms with Gasteiger partial charge in [0.15, 0.2) is 5.96 Å². The number of nitrogens with zero attached hydrogens (tertiary/aromatic N) is 2. The molecule has 0 amide bonds. The van der Waals surface area contributed by atoms with Crippen molar-refractivity contribution in [2.24, 2.45) is 4.99 Å². The number of guanidine groups is 1. The maximum Gasteiger partial charge on any atom is 0.191 e. The number of aliphatic imine (C=N–C) groups is 1. The number of methoxy groups -OCH3 is 1. The van der Waals surface area contributed by atoms with E-state index in [-0.39, 0.29) is 6.10 Å². The van der Waals surface area contributed by atoms with E-state index in [2.05, 4.69) is 33.8 Å². The maximum absolute atomic E-state index is 5.97. The van der Waals surface area contributed by atoms with Crippen molar-refractivity contribution in [3.05, 3.63) is 66.4 Å². The van der Waals surface area contributed by atoms with Crippen LogP contribution < -0.4 is 20.1 Å². The summed E-state index contributed by atoms with van der Waals surface area (Å²) in [4.78, 5) is 9.22. The van der Waals surface area contributed by atoms with Crippen LogP contribution in [0, 0.1) is 0 Å². The second kappa shape index (κ2) is 10.3. The minimum Gasteiger partial charge on any atom is -0.497 e. The van der Waals surface area contributed by atoms with Crippen molar-refractivity contribution in [2.45, 2.75) is 26.5 Å². The molecule has 1 heterocycles. The van der Waals surface area contributed by atoms with Crippen LogP contribution >= 0.6 is 0 Å². The molecule has 0 aliphatic carbocycles. The summed E-state index contributed by atoms with van der Waals surface area (Å²) in [6.45, 7) is 6.02. The van der Waals surface area contributed by atoms with Crippen LogP contribution in [0.15, 0.2) is 65.8 Å². The molecule has 6 heteroatoms. The molecule has 0 saturated carbocycles. The van der Waals surface area contributed by atoms with E-state index in [9.17, 15) is 0 Å². The Labute approximate surface area is 172 Å². The quantitative estimate of drug-likeness (QED) is 0.451. The average molecular weight is 393 g/mol. The third kappa shape index (κ3) is 5.85. The highest BCUT2D eigenvalue weighted by Gasteiger charge is 2.07. The van der Waals surface area contributed by atoms with E-state index in [0.29, 0.717) is 13.1 Å². The molecule has 6 nitrogen and oxygen atoms in total. The summed E-state index contributed by atoms with van der Waals surface area (Å²) in [5.74, 6) is 2.31. The molecule has 2 N–H and O–H groups in total. The fourth-order valence-electron chi connectivity index (χ4n) is 2.99. The van der Waals surface area contributed by atoms with E-state index in [1.807, 2.05) is 56.4 Å². The Morgan fingerprint density at radius 1 is 1.07 bits per heavy atom. The lowest BCUT2D eigenvalue weighted by Gasteiger charge is -2.18. The van der Waals surface area contributed by atoms with Gasteiger partial charge in [-0.15, -0.1) is 0 Å². The van der Waals surface area contributed by atoms with E-state index in [1.54, 1.807) is 7.11 Å². The molecule has 2 aromatic carbocycles. The Morgan fingerprint density at radius 3 is 2.69 bits per heavy atom. The first-order valence-electron chi connectivity index (χ1n) is 9.85. The fourth-order valence-corrected chi connectivity index (χ4v) is 2.99. The molecule has 0 aliphatic rings. The van der Waals surface area contributed by atoms with Crippen LogP contribution in [-0.2, 0) is 6.54 Å². The molecule has 0 spiro atoms. The zero-order valence-corrected chi connectivity index (χ0v) is 17.2. The highest BCUT2D eigenvalue weighted by molar-refractivity contribution is 5.83. The molecule has 1 atom stereocenters. The van der Waals surface area contributed by atoms with Crippen LogP contribution in [0.2, 0.25) is 0 Å². The average Bonchev–Trinajstić information content (AvgIpc) is 2.75. The van der Waals surface area contributed by atoms with E-state index in [0.717, 1.165) is 40.5 Å². The zero-order chi connectivity index (χ0) is 20.5. The van der Waals surface area contributed by atoms with Gasteiger partial charge in [0.25, 0.3) is 0 Å². The van der Waals surface area contributed by atoms with E-state index in [1.165, 1.54) is 0 Å². The van der Waals surface area contributed by atoms with Gasteiger partial charge in [0.2, 0.25) is 0 Å². The van der Waals surface area contributed by atoms with Crippen LogP contribution in [0.25, 0.3) is 10.9 Å². The first-order chi connectivity index (χ1) is 14.2. The molecule has 0 fully saturated rings. The minimum atomic E-state index is -0.0369. The second-order valence-corrected chi connectivity index (χ2v) is 6.68. The summed E-state index contributed by atoms with van der Waals surface area (Å²) in [5, 5.41) is 7.75. The Morgan fingerprint density at radius 2 is 1.86 bits per heavy atom. The summed E-state index contributed by atoms with van der Waals surface area (Å²) in [6, 6.07) is 17.8. The highest BCUT2D eigenvalue weighted by Crippen LogP contribution is 2.20. The van der Waals surface area contributed by atoms with Crippen molar-refractivity contribution in [1.29, 1.82) is 0 Å². The van der Waals surface area contributed by atoms with Crippen molar-refractivity contribution in [3.8, 4) is 11.5 Å². The molecule has 1 aromatic heterocycles. The number of pyridine rings is 1. The van der Waals surface area contributed by atoms with Crippen LogP contribution in [-0.4, -0.2) is 37.2 Å². The van der Waals surface area contributed by atoms with Crippen LogP contribution in [0.4, 0.5) is 0 Å². The van der Waals surface area contributed by atoms with E-state index >= 15 is 0 Å². The summed E-state index contributed by atoms with van der Waals surface area (Å²) >= 11 is 0. The standard InChI is InChI=1S/C23H28N4O2/c1-4-24-23(26-15-17(2)29-21-12-6-11-20(14-21)28-3)27-16-19-9-5-8-18-10-7-13-25-22(18)19/h5-14,17H,4,15-16H2,1-3H3,(H2,24,26,27). The Balaban J connectivity index is 1.61. The number of nitrogens with one attached hydrogen (secondary N) is 2. The molecule has 0 bridgehead atoms. The summed E-state index contributed by atoms with van der Waals surface area (Å²) < 4.78 is 11.2. The smallest absolute Gasteiger partial charge is 0.191 e. The van der Waals surface area contributed by atoms with E-state index in [4.69, 9.17) is 14.5 Å². The molecule has 3 aromatic rings. The van der Waals surface area contributed by atoms with Crippen molar-refractivity contribution < 1.29 is 9.47 Å². The largest absolute Gasteiger partial charge is 0.497 e. The lowest BCUT2D eigenvalue weighted by molar-refractivity contribution is 0.223. The Hall–Kier alpha value is -3.28. The number of para-hydroxylation sites is 1. The zero-order valence-electron chi connectivity index (χ0n) is 17.2. The van der Waals surface area contributed by atoms with Crippen molar-refractivity contribution >= 4 is 16.9 Å². The lowest BCUT2D eigenvalue weighted by atomic mass is 10.1. The molecular weight excluding hydrogens is 364 g/mol. The van der Waals surface area contributed by atoms with Crippen LogP contribution in [0.1, 0.15) is 19.4 Å². The first kappa shape index (κ1) is 20.5. The topological polar surface area (TPSA) is 67.8 Å². The monoisotopic (exact) mass is 392 g/mol. The number of benzene rings is 2. The number of rotatable bonds is 8. The van der Waals surface area contributed by atoms with Gasteiger partial charge in [-0.2, -0.15) is 0 Å². The fraction of sp³-hybridized carbons (Fsp3) is 0.304. The normalized spacial score (nSPS) is 12.4. The predicted octanol–water partition coefficient (Wildman–Crippen LogP) is 3.77. The van der Waals surface area contributed by atoms with Gasteiger partial charge in [-0.1, -0.05) is 30.3 Å². The molecule has 152 valence electrons. The second-order valence-electron chi connectivity index (χ2n) is 6.68.